The topological polar surface area (TPSA) is 60.8 Å². The lowest BCUT2D eigenvalue weighted by Gasteiger charge is -2.26. The number of benzene rings is 1. The molecule has 0 unspecified atom stereocenters. The summed E-state index contributed by atoms with van der Waals surface area (Å²) in [5.74, 6) is 5.27. The molecule has 2 N–H and O–H groups in total. The van der Waals surface area contributed by atoms with Crippen molar-refractivity contribution < 1.29 is 15.0 Å². The molecule has 0 aliphatic carbocycles. The minimum atomic E-state index is -0.208. The molecule has 0 spiro atoms. The third kappa shape index (κ3) is 4.37. The first kappa shape index (κ1) is 16.2. The van der Waals surface area contributed by atoms with E-state index < -0.39 is 0 Å². The first-order chi connectivity index (χ1) is 9.49. The van der Waals surface area contributed by atoms with Crippen molar-refractivity contribution in [2.75, 3.05) is 19.8 Å². The highest BCUT2D eigenvalue weighted by Gasteiger charge is 2.18. The molecule has 0 fully saturated rings. The second-order valence-electron chi connectivity index (χ2n) is 4.86. The van der Waals surface area contributed by atoms with E-state index in [9.17, 15) is 4.79 Å². The number of hydrogen-bond donors (Lipinski definition) is 2. The van der Waals surface area contributed by atoms with Gasteiger partial charge in [0.25, 0.3) is 5.91 Å². The molecular formula is C16H21NO3. The smallest absolute Gasteiger partial charge is 0.254 e. The van der Waals surface area contributed by atoms with Gasteiger partial charge in [0.15, 0.2) is 0 Å². The fourth-order valence-corrected chi connectivity index (χ4v) is 1.99. The maximum Gasteiger partial charge on any atom is 0.254 e. The number of aliphatic hydroxyl groups is 2. The zero-order valence-electron chi connectivity index (χ0n) is 12.2. The Hall–Kier alpha value is -1.83. The SMILES string of the molecule is Cc1cc(C#CCO)cc(C(=O)N(CCO)C(C)C)c1. The summed E-state index contributed by atoms with van der Waals surface area (Å²) in [5, 5.41) is 17.8. The largest absolute Gasteiger partial charge is 0.395 e. The highest BCUT2D eigenvalue weighted by atomic mass is 16.3. The molecule has 0 atom stereocenters. The van der Waals surface area contributed by atoms with Crippen LogP contribution in [0.3, 0.4) is 0 Å². The van der Waals surface area contributed by atoms with Crippen LogP contribution in [0.15, 0.2) is 18.2 Å². The van der Waals surface area contributed by atoms with Gasteiger partial charge in [0.1, 0.15) is 6.61 Å². The van der Waals surface area contributed by atoms with Crippen LogP contribution in [0, 0.1) is 18.8 Å². The van der Waals surface area contributed by atoms with Gasteiger partial charge in [0.05, 0.1) is 6.61 Å². The molecule has 1 amide bonds. The summed E-state index contributed by atoms with van der Waals surface area (Å²) in [6.45, 7) is 5.76. The van der Waals surface area contributed by atoms with E-state index in [1.807, 2.05) is 26.8 Å². The van der Waals surface area contributed by atoms with Gasteiger partial charge in [0.2, 0.25) is 0 Å². The molecular weight excluding hydrogens is 254 g/mol. The standard InChI is InChI=1S/C16H21NO3/c1-12(2)17(6-8-19)16(20)15-10-13(3)9-14(11-15)5-4-7-18/h9-12,18-19H,6-8H2,1-3H3. The number of aryl methyl sites for hydroxylation is 1. The van der Waals surface area contributed by atoms with Gasteiger partial charge in [-0.1, -0.05) is 11.8 Å². The summed E-state index contributed by atoms with van der Waals surface area (Å²) in [7, 11) is 0. The Labute approximate surface area is 120 Å². The van der Waals surface area contributed by atoms with E-state index in [0.29, 0.717) is 17.7 Å². The van der Waals surface area contributed by atoms with E-state index in [4.69, 9.17) is 10.2 Å². The number of nitrogens with zero attached hydrogens (tertiary/aromatic N) is 1. The second-order valence-corrected chi connectivity index (χ2v) is 4.86. The predicted molar refractivity (Wildman–Crippen MR) is 78.4 cm³/mol. The Morgan fingerprint density at radius 3 is 2.55 bits per heavy atom. The molecule has 0 radical (unpaired) electrons. The summed E-state index contributed by atoms with van der Waals surface area (Å²) in [5.41, 5.74) is 2.19. The Morgan fingerprint density at radius 2 is 2.00 bits per heavy atom. The van der Waals surface area contributed by atoms with E-state index in [-0.39, 0.29) is 25.2 Å². The molecule has 1 aromatic rings. The Balaban J connectivity index is 3.11. The average molecular weight is 275 g/mol. The number of carbonyl (C=O) groups is 1. The number of amides is 1. The molecule has 4 heteroatoms. The molecule has 0 aliphatic heterocycles. The summed E-state index contributed by atoms with van der Waals surface area (Å²) in [4.78, 5) is 14.1. The highest BCUT2D eigenvalue weighted by Crippen LogP contribution is 2.13. The third-order valence-corrected chi connectivity index (χ3v) is 2.86. The maximum absolute atomic E-state index is 12.5. The van der Waals surface area contributed by atoms with Crippen molar-refractivity contribution in [3.05, 3.63) is 34.9 Å². The second kappa shape index (κ2) is 7.68. The summed E-state index contributed by atoms with van der Waals surface area (Å²) < 4.78 is 0. The first-order valence-corrected chi connectivity index (χ1v) is 6.62. The van der Waals surface area contributed by atoms with Crippen molar-refractivity contribution in [1.82, 2.24) is 4.90 Å². The van der Waals surface area contributed by atoms with Gasteiger partial charge >= 0.3 is 0 Å². The number of hydrogen-bond acceptors (Lipinski definition) is 3. The molecule has 108 valence electrons. The molecule has 0 aliphatic rings. The molecule has 4 nitrogen and oxygen atoms in total. The minimum Gasteiger partial charge on any atom is -0.395 e. The van der Waals surface area contributed by atoms with Crippen molar-refractivity contribution in [2.45, 2.75) is 26.8 Å². The van der Waals surface area contributed by atoms with E-state index in [2.05, 4.69) is 11.8 Å². The molecule has 20 heavy (non-hydrogen) atoms. The fraction of sp³-hybridized carbons (Fsp3) is 0.438. The van der Waals surface area contributed by atoms with Crippen LogP contribution in [0.2, 0.25) is 0 Å². The minimum absolute atomic E-state index is 0.0159. The van der Waals surface area contributed by atoms with Crippen molar-refractivity contribution >= 4 is 5.91 Å². The van der Waals surface area contributed by atoms with E-state index in [1.165, 1.54) is 0 Å². The Bertz CT molecular complexity index is 526. The lowest BCUT2D eigenvalue weighted by atomic mass is 10.0. The first-order valence-electron chi connectivity index (χ1n) is 6.62. The van der Waals surface area contributed by atoms with Crippen molar-refractivity contribution in [1.29, 1.82) is 0 Å². The number of aliphatic hydroxyl groups excluding tert-OH is 2. The lowest BCUT2D eigenvalue weighted by Crippen LogP contribution is -2.39. The van der Waals surface area contributed by atoms with Crippen LogP contribution in [-0.4, -0.2) is 46.8 Å². The Kier molecular flexibility index (Phi) is 6.23. The Morgan fingerprint density at radius 1 is 1.30 bits per heavy atom. The van der Waals surface area contributed by atoms with E-state index in [1.54, 1.807) is 17.0 Å². The normalized spacial score (nSPS) is 10.1. The van der Waals surface area contributed by atoms with Crippen LogP contribution in [0.1, 0.15) is 35.3 Å². The van der Waals surface area contributed by atoms with Gasteiger partial charge in [0, 0.05) is 23.7 Å². The van der Waals surface area contributed by atoms with Gasteiger partial charge < -0.3 is 15.1 Å². The maximum atomic E-state index is 12.5. The molecule has 0 saturated heterocycles. The van der Waals surface area contributed by atoms with Crippen molar-refractivity contribution in [3.63, 3.8) is 0 Å². The monoisotopic (exact) mass is 275 g/mol. The molecule has 0 aromatic heterocycles. The van der Waals surface area contributed by atoms with Crippen LogP contribution in [0.5, 0.6) is 0 Å². The van der Waals surface area contributed by atoms with Crippen LogP contribution >= 0.6 is 0 Å². The summed E-state index contributed by atoms with van der Waals surface area (Å²) >= 11 is 0. The zero-order valence-corrected chi connectivity index (χ0v) is 12.2. The molecule has 1 aromatic carbocycles. The number of rotatable bonds is 4. The number of carbonyl (C=O) groups excluding carboxylic acids is 1. The average Bonchev–Trinajstić information content (AvgIpc) is 2.40. The third-order valence-electron chi connectivity index (χ3n) is 2.86. The van der Waals surface area contributed by atoms with Crippen molar-refractivity contribution in [2.24, 2.45) is 0 Å². The van der Waals surface area contributed by atoms with Crippen LogP contribution in [-0.2, 0) is 0 Å². The van der Waals surface area contributed by atoms with Gasteiger partial charge in [-0.05, 0) is 44.5 Å². The van der Waals surface area contributed by atoms with Gasteiger partial charge in [-0.25, -0.2) is 0 Å². The van der Waals surface area contributed by atoms with Gasteiger partial charge in [-0.15, -0.1) is 0 Å². The molecule has 0 bridgehead atoms. The molecule has 0 saturated carbocycles. The van der Waals surface area contributed by atoms with Crippen LogP contribution in [0.25, 0.3) is 0 Å². The van der Waals surface area contributed by atoms with E-state index >= 15 is 0 Å². The molecule has 1 rings (SSSR count). The lowest BCUT2D eigenvalue weighted by molar-refractivity contribution is 0.0665. The van der Waals surface area contributed by atoms with Crippen LogP contribution in [0.4, 0.5) is 0 Å². The molecule has 0 heterocycles. The van der Waals surface area contributed by atoms with Gasteiger partial charge in [-0.3, -0.25) is 4.79 Å². The van der Waals surface area contributed by atoms with Gasteiger partial charge in [-0.2, -0.15) is 0 Å². The fourth-order valence-electron chi connectivity index (χ4n) is 1.99. The van der Waals surface area contributed by atoms with E-state index in [0.717, 1.165) is 5.56 Å². The highest BCUT2D eigenvalue weighted by molar-refractivity contribution is 5.95. The predicted octanol–water partition coefficient (Wildman–Crippen LogP) is 1.18. The zero-order chi connectivity index (χ0) is 15.1. The van der Waals surface area contributed by atoms with Crippen molar-refractivity contribution in [3.8, 4) is 11.8 Å². The summed E-state index contributed by atoms with van der Waals surface area (Å²) in [6, 6.07) is 5.40. The quantitative estimate of drug-likeness (QED) is 0.811. The van der Waals surface area contributed by atoms with Crippen LogP contribution < -0.4 is 0 Å². The summed E-state index contributed by atoms with van der Waals surface area (Å²) in [6.07, 6.45) is 0.